The fraction of sp³-hybridized carbons (Fsp3) is 1.00. The molecule has 0 aromatic heterocycles. The number of aliphatic hydroxyl groups excluding tert-OH is 1. The van der Waals surface area contributed by atoms with Crippen LogP contribution < -0.4 is 0 Å². The summed E-state index contributed by atoms with van der Waals surface area (Å²) in [6.45, 7) is 15.5. The Labute approximate surface area is 113 Å². The van der Waals surface area contributed by atoms with Crippen molar-refractivity contribution in [2.24, 2.45) is 5.41 Å². The standard InChI is InChI=1S/C15H32O3/c1-8-9-15(7,14(4,5)6)18-13(3)11-17-12(2)10-16/h12-13,16H,8-11H2,1-7H3. The average Bonchev–Trinajstić information content (AvgIpc) is 2.24. The normalized spacial score (nSPS) is 19.3. The number of hydrogen-bond acceptors (Lipinski definition) is 3. The van der Waals surface area contributed by atoms with Crippen LogP contribution in [0.2, 0.25) is 0 Å². The molecule has 3 heteroatoms. The quantitative estimate of drug-likeness (QED) is 0.727. The van der Waals surface area contributed by atoms with Crippen LogP contribution in [0.1, 0.15) is 61.3 Å². The van der Waals surface area contributed by atoms with Crippen molar-refractivity contribution in [3.05, 3.63) is 0 Å². The third-order valence-electron chi connectivity index (χ3n) is 3.65. The van der Waals surface area contributed by atoms with Gasteiger partial charge in [-0.25, -0.2) is 0 Å². The predicted molar refractivity (Wildman–Crippen MR) is 75.8 cm³/mol. The summed E-state index contributed by atoms with van der Waals surface area (Å²) in [5.41, 5.74) is -0.0488. The van der Waals surface area contributed by atoms with Gasteiger partial charge >= 0.3 is 0 Å². The van der Waals surface area contributed by atoms with Crippen molar-refractivity contribution < 1.29 is 14.6 Å². The molecular formula is C15H32O3. The summed E-state index contributed by atoms with van der Waals surface area (Å²) in [4.78, 5) is 0. The van der Waals surface area contributed by atoms with E-state index >= 15 is 0 Å². The van der Waals surface area contributed by atoms with Gasteiger partial charge in [0.1, 0.15) is 0 Å². The van der Waals surface area contributed by atoms with E-state index < -0.39 is 0 Å². The number of aliphatic hydroxyl groups is 1. The lowest BCUT2D eigenvalue weighted by Crippen LogP contribution is -2.45. The van der Waals surface area contributed by atoms with Crippen molar-refractivity contribution in [1.82, 2.24) is 0 Å². The van der Waals surface area contributed by atoms with Crippen molar-refractivity contribution in [3.63, 3.8) is 0 Å². The zero-order valence-electron chi connectivity index (χ0n) is 13.2. The van der Waals surface area contributed by atoms with Crippen LogP contribution >= 0.6 is 0 Å². The topological polar surface area (TPSA) is 38.7 Å². The lowest BCUT2D eigenvalue weighted by molar-refractivity contribution is -0.162. The molecule has 0 aromatic rings. The van der Waals surface area contributed by atoms with Gasteiger partial charge in [-0.05, 0) is 32.6 Å². The van der Waals surface area contributed by atoms with Crippen LogP contribution in [0.15, 0.2) is 0 Å². The van der Waals surface area contributed by atoms with Crippen LogP contribution in [0.25, 0.3) is 0 Å². The Bertz CT molecular complexity index is 222. The van der Waals surface area contributed by atoms with Gasteiger partial charge in [0.15, 0.2) is 0 Å². The Balaban J connectivity index is 4.41. The Morgan fingerprint density at radius 2 is 1.61 bits per heavy atom. The van der Waals surface area contributed by atoms with Gasteiger partial charge in [0.25, 0.3) is 0 Å². The lowest BCUT2D eigenvalue weighted by atomic mass is 9.75. The molecule has 0 heterocycles. The van der Waals surface area contributed by atoms with Gasteiger partial charge in [-0.3, -0.25) is 0 Å². The molecule has 0 spiro atoms. The molecule has 0 aliphatic heterocycles. The molecule has 18 heavy (non-hydrogen) atoms. The first kappa shape index (κ1) is 17.9. The monoisotopic (exact) mass is 260 g/mol. The van der Waals surface area contributed by atoms with E-state index in [-0.39, 0.29) is 29.8 Å². The molecule has 0 saturated heterocycles. The summed E-state index contributed by atoms with van der Waals surface area (Å²) in [6, 6.07) is 0. The molecule has 0 saturated carbocycles. The SMILES string of the molecule is CCCC(C)(OC(C)COC(C)CO)C(C)(C)C. The molecule has 0 amide bonds. The molecule has 3 atom stereocenters. The van der Waals surface area contributed by atoms with Gasteiger partial charge in [-0.1, -0.05) is 34.1 Å². The Kier molecular flexibility index (Phi) is 7.41. The second-order valence-electron chi connectivity index (χ2n) is 6.49. The number of ether oxygens (including phenoxy) is 2. The van der Waals surface area contributed by atoms with Crippen LogP contribution in [-0.2, 0) is 9.47 Å². The first-order valence-electron chi connectivity index (χ1n) is 7.06. The Morgan fingerprint density at radius 1 is 1.06 bits per heavy atom. The molecule has 0 aliphatic rings. The molecule has 0 fully saturated rings. The third-order valence-corrected chi connectivity index (χ3v) is 3.65. The van der Waals surface area contributed by atoms with Gasteiger partial charge < -0.3 is 14.6 Å². The van der Waals surface area contributed by atoms with Crippen LogP contribution in [0.5, 0.6) is 0 Å². The molecule has 0 aromatic carbocycles. The fourth-order valence-electron chi connectivity index (χ4n) is 1.92. The molecule has 0 bridgehead atoms. The summed E-state index contributed by atoms with van der Waals surface area (Å²) in [5, 5.41) is 8.93. The van der Waals surface area contributed by atoms with E-state index in [2.05, 4.69) is 34.6 Å². The number of hydrogen-bond donors (Lipinski definition) is 1. The van der Waals surface area contributed by atoms with Crippen molar-refractivity contribution in [2.45, 2.75) is 79.1 Å². The van der Waals surface area contributed by atoms with E-state index in [1.54, 1.807) is 0 Å². The highest BCUT2D eigenvalue weighted by atomic mass is 16.6. The smallest absolute Gasteiger partial charge is 0.0788 e. The minimum Gasteiger partial charge on any atom is -0.394 e. The maximum atomic E-state index is 8.93. The summed E-state index contributed by atoms with van der Waals surface area (Å²) in [7, 11) is 0. The average molecular weight is 260 g/mol. The van der Waals surface area contributed by atoms with Crippen molar-refractivity contribution in [3.8, 4) is 0 Å². The van der Waals surface area contributed by atoms with Crippen LogP contribution in [-0.4, -0.2) is 36.1 Å². The summed E-state index contributed by atoms with van der Waals surface area (Å²) in [5.74, 6) is 0. The maximum Gasteiger partial charge on any atom is 0.0788 e. The predicted octanol–water partition coefficient (Wildman–Crippen LogP) is 3.39. The molecule has 0 rings (SSSR count). The van der Waals surface area contributed by atoms with Crippen LogP contribution in [0.4, 0.5) is 0 Å². The van der Waals surface area contributed by atoms with Gasteiger partial charge in [0.2, 0.25) is 0 Å². The first-order chi connectivity index (χ1) is 8.16. The Morgan fingerprint density at radius 3 is 2.00 bits per heavy atom. The van der Waals surface area contributed by atoms with E-state index in [9.17, 15) is 0 Å². The second kappa shape index (κ2) is 7.46. The van der Waals surface area contributed by atoms with E-state index in [1.807, 2.05) is 13.8 Å². The molecule has 0 aliphatic carbocycles. The zero-order chi connectivity index (χ0) is 14.4. The lowest BCUT2D eigenvalue weighted by Gasteiger charge is -2.43. The van der Waals surface area contributed by atoms with E-state index in [1.165, 1.54) is 0 Å². The van der Waals surface area contributed by atoms with Gasteiger partial charge in [-0.2, -0.15) is 0 Å². The molecule has 110 valence electrons. The van der Waals surface area contributed by atoms with Gasteiger partial charge in [-0.15, -0.1) is 0 Å². The summed E-state index contributed by atoms with van der Waals surface area (Å²) >= 11 is 0. The second-order valence-corrected chi connectivity index (χ2v) is 6.49. The minimum atomic E-state index is -0.146. The van der Waals surface area contributed by atoms with E-state index in [0.29, 0.717) is 6.61 Å². The van der Waals surface area contributed by atoms with Crippen molar-refractivity contribution in [1.29, 1.82) is 0 Å². The number of rotatable bonds is 8. The summed E-state index contributed by atoms with van der Waals surface area (Å²) < 4.78 is 11.7. The third kappa shape index (κ3) is 5.68. The molecule has 3 nitrogen and oxygen atoms in total. The molecular weight excluding hydrogens is 228 g/mol. The van der Waals surface area contributed by atoms with E-state index in [0.717, 1.165) is 12.8 Å². The molecule has 1 N–H and O–H groups in total. The molecule has 3 unspecified atom stereocenters. The molecule has 0 radical (unpaired) electrons. The summed E-state index contributed by atoms with van der Waals surface area (Å²) in [6.07, 6.45) is 2.06. The van der Waals surface area contributed by atoms with Gasteiger partial charge in [0.05, 0.1) is 31.0 Å². The van der Waals surface area contributed by atoms with Crippen molar-refractivity contribution >= 4 is 0 Å². The minimum absolute atomic E-state index is 0.0368. The first-order valence-corrected chi connectivity index (χ1v) is 7.06. The van der Waals surface area contributed by atoms with Crippen LogP contribution in [0.3, 0.4) is 0 Å². The van der Waals surface area contributed by atoms with Crippen molar-refractivity contribution in [2.75, 3.05) is 13.2 Å². The van der Waals surface area contributed by atoms with Gasteiger partial charge in [0, 0.05) is 0 Å². The van der Waals surface area contributed by atoms with E-state index in [4.69, 9.17) is 14.6 Å². The highest BCUT2D eigenvalue weighted by molar-refractivity contribution is 4.88. The fourth-order valence-corrected chi connectivity index (χ4v) is 1.92. The zero-order valence-corrected chi connectivity index (χ0v) is 13.2. The Hall–Kier alpha value is -0.120. The van der Waals surface area contributed by atoms with Crippen LogP contribution in [0, 0.1) is 5.41 Å². The highest BCUT2D eigenvalue weighted by Gasteiger charge is 2.38. The maximum absolute atomic E-state index is 8.93. The largest absolute Gasteiger partial charge is 0.394 e. The highest BCUT2D eigenvalue weighted by Crippen LogP contribution is 2.38.